The molecule has 20 heavy (non-hydrogen) atoms. The molecule has 0 heterocycles. The molecule has 0 saturated carbocycles. The molecule has 0 atom stereocenters. The summed E-state index contributed by atoms with van der Waals surface area (Å²) in [7, 11) is -3.82. The number of sulfonamides is 1. The van der Waals surface area contributed by atoms with Crippen molar-refractivity contribution in [2.24, 2.45) is 11.7 Å². The minimum Gasteiger partial charge on any atom is -0.389 e. The van der Waals surface area contributed by atoms with Crippen molar-refractivity contribution in [3.63, 3.8) is 0 Å². The van der Waals surface area contributed by atoms with Crippen LogP contribution in [0, 0.1) is 11.7 Å². The zero-order chi connectivity index (χ0) is 15.5. The Hall–Kier alpha value is -1.05. The second-order valence-electron chi connectivity index (χ2n) is 4.83. The Balaban J connectivity index is 3.42. The third-order valence-electron chi connectivity index (χ3n) is 2.76. The number of hydrogen-bond acceptors (Lipinski definition) is 3. The molecule has 1 rings (SSSR count). The molecule has 0 saturated heterocycles. The summed E-state index contributed by atoms with van der Waals surface area (Å²) in [5.74, 6) is -0.564. The molecule has 0 radical (unpaired) electrons. The maximum atomic E-state index is 13.8. The average molecular weight is 318 g/mol. The van der Waals surface area contributed by atoms with Crippen LogP contribution in [-0.2, 0) is 10.0 Å². The van der Waals surface area contributed by atoms with E-state index in [2.05, 4.69) is 0 Å². The minimum atomic E-state index is -3.82. The average Bonchev–Trinajstić information content (AvgIpc) is 2.34. The first-order valence-corrected chi connectivity index (χ1v) is 8.15. The summed E-state index contributed by atoms with van der Waals surface area (Å²) in [4.78, 5) is -0.435. The first kappa shape index (κ1) is 17.0. The zero-order valence-electron chi connectivity index (χ0n) is 11.8. The standard InChI is InChI=1S/C13H19FN2O2S2/c1-4-16(8-9(2)3)20(17,18)11-7-5-6-10(14)12(11)13(15)19/h5-7,9H,4,8H2,1-3H3,(H2,15,19). The second kappa shape index (κ2) is 6.60. The van der Waals surface area contributed by atoms with Crippen LogP contribution in [0.25, 0.3) is 0 Å². The highest BCUT2D eigenvalue weighted by Gasteiger charge is 2.28. The van der Waals surface area contributed by atoms with Gasteiger partial charge in [-0.2, -0.15) is 4.31 Å². The molecule has 0 amide bonds. The third-order valence-corrected chi connectivity index (χ3v) is 4.95. The predicted octanol–water partition coefficient (Wildman–Crippen LogP) is 2.13. The Bertz CT molecular complexity index is 600. The van der Waals surface area contributed by atoms with Gasteiger partial charge in [-0.05, 0) is 18.1 Å². The predicted molar refractivity (Wildman–Crippen MR) is 81.6 cm³/mol. The normalized spacial score (nSPS) is 12.1. The molecule has 0 fully saturated rings. The van der Waals surface area contributed by atoms with E-state index in [1.165, 1.54) is 16.4 Å². The Labute approximate surface area is 124 Å². The molecule has 112 valence electrons. The lowest BCUT2D eigenvalue weighted by Gasteiger charge is -2.23. The maximum absolute atomic E-state index is 13.8. The molecule has 7 heteroatoms. The lowest BCUT2D eigenvalue weighted by Crippen LogP contribution is -2.35. The number of rotatable bonds is 6. The SMILES string of the molecule is CCN(CC(C)C)S(=O)(=O)c1cccc(F)c1C(N)=S. The van der Waals surface area contributed by atoms with Gasteiger partial charge in [0.05, 0.1) is 10.5 Å². The summed E-state index contributed by atoms with van der Waals surface area (Å²) in [6, 6.07) is 3.81. The van der Waals surface area contributed by atoms with Gasteiger partial charge in [0, 0.05) is 13.1 Å². The number of nitrogens with zero attached hydrogens (tertiary/aromatic N) is 1. The van der Waals surface area contributed by atoms with Gasteiger partial charge in [0.15, 0.2) is 0 Å². The van der Waals surface area contributed by atoms with Crippen LogP contribution in [0.5, 0.6) is 0 Å². The van der Waals surface area contributed by atoms with Gasteiger partial charge in [-0.15, -0.1) is 0 Å². The molecule has 1 aromatic rings. The molecule has 0 bridgehead atoms. The van der Waals surface area contributed by atoms with Crippen molar-refractivity contribution in [1.29, 1.82) is 0 Å². The van der Waals surface area contributed by atoms with Crippen molar-refractivity contribution in [3.8, 4) is 0 Å². The highest BCUT2D eigenvalue weighted by atomic mass is 32.2. The van der Waals surface area contributed by atoms with Gasteiger partial charge in [-0.25, -0.2) is 12.8 Å². The van der Waals surface area contributed by atoms with Crippen LogP contribution in [0.1, 0.15) is 26.3 Å². The Kier molecular flexibility index (Phi) is 5.61. The summed E-state index contributed by atoms with van der Waals surface area (Å²) in [5.41, 5.74) is 5.25. The lowest BCUT2D eigenvalue weighted by atomic mass is 10.2. The Morgan fingerprint density at radius 3 is 2.50 bits per heavy atom. The highest BCUT2D eigenvalue weighted by Crippen LogP contribution is 2.23. The molecule has 0 unspecified atom stereocenters. The van der Waals surface area contributed by atoms with Crippen LogP contribution in [0.2, 0.25) is 0 Å². The van der Waals surface area contributed by atoms with Gasteiger partial charge in [0.2, 0.25) is 10.0 Å². The van der Waals surface area contributed by atoms with Gasteiger partial charge in [0.25, 0.3) is 0 Å². The van der Waals surface area contributed by atoms with E-state index in [1.54, 1.807) is 6.92 Å². The lowest BCUT2D eigenvalue weighted by molar-refractivity contribution is 0.380. The van der Waals surface area contributed by atoms with E-state index in [-0.39, 0.29) is 21.4 Å². The van der Waals surface area contributed by atoms with Gasteiger partial charge >= 0.3 is 0 Å². The van der Waals surface area contributed by atoms with Crippen molar-refractivity contribution in [2.45, 2.75) is 25.7 Å². The monoisotopic (exact) mass is 318 g/mol. The fraction of sp³-hybridized carbons (Fsp3) is 0.462. The summed E-state index contributed by atoms with van der Waals surface area (Å²) < 4.78 is 40.4. The fourth-order valence-electron chi connectivity index (χ4n) is 1.90. The highest BCUT2D eigenvalue weighted by molar-refractivity contribution is 7.89. The van der Waals surface area contributed by atoms with Crippen molar-refractivity contribution in [1.82, 2.24) is 4.31 Å². The largest absolute Gasteiger partial charge is 0.389 e. The minimum absolute atomic E-state index is 0.159. The van der Waals surface area contributed by atoms with Crippen LogP contribution in [0.3, 0.4) is 0 Å². The van der Waals surface area contributed by atoms with E-state index < -0.39 is 15.8 Å². The molecule has 0 aromatic heterocycles. The molecule has 4 nitrogen and oxygen atoms in total. The first-order valence-electron chi connectivity index (χ1n) is 6.30. The van der Waals surface area contributed by atoms with Crippen LogP contribution in [0.4, 0.5) is 4.39 Å². The van der Waals surface area contributed by atoms with Gasteiger partial charge < -0.3 is 5.73 Å². The number of thiocarbonyl (C=S) groups is 1. The smallest absolute Gasteiger partial charge is 0.243 e. The molecular weight excluding hydrogens is 299 g/mol. The van der Waals surface area contributed by atoms with Crippen LogP contribution < -0.4 is 5.73 Å². The maximum Gasteiger partial charge on any atom is 0.243 e. The zero-order valence-corrected chi connectivity index (χ0v) is 13.4. The molecule has 0 aliphatic heterocycles. The summed E-state index contributed by atoms with van der Waals surface area (Å²) >= 11 is 4.77. The summed E-state index contributed by atoms with van der Waals surface area (Å²) in [6.45, 7) is 6.22. The molecule has 0 aliphatic rings. The van der Waals surface area contributed by atoms with Crippen molar-refractivity contribution in [2.75, 3.05) is 13.1 Å². The summed E-state index contributed by atoms with van der Waals surface area (Å²) in [6.07, 6.45) is 0. The van der Waals surface area contributed by atoms with Crippen molar-refractivity contribution >= 4 is 27.2 Å². The molecule has 1 aromatic carbocycles. The van der Waals surface area contributed by atoms with E-state index in [0.717, 1.165) is 6.07 Å². The number of halogens is 1. The molecule has 2 N–H and O–H groups in total. The Morgan fingerprint density at radius 2 is 2.05 bits per heavy atom. The van der Waals surface area contributed by atoms with Gasteiger partial charge in [0.1, 0.15) is 10.8 Å². The van der Waals surface area contributed by atoms with Crippen LogP contribution in [-0.4, -0.2) is 30.8 Å². The second-order valence-corrected chi connectivity index (χ2v) is 7.17. The first-order chi connectivity index (χ1) is 9.21. The van der Waals surface area contributed by atoms with E-state index in [4.69, 9.17) is 18.0 Å². The fourth-order valence-corrected chi connectivity index (χ4v) is 4.00. The quantitative estimate of drug-likeness (QED) is 0.816. The third kappa shape index (κ3) is 3.53. The number of hydrogen-bond donors (Lipinski definition) is 1. The van der Waals surface area contributed by atoms with Gasteiger partial charge in [-0.3, -0.25) is 0 Å². The molecule has 0 spiro atoms. The van der Waals surface area contributed by atoms with E-state index in [0.29, 0.717) is 13.1 Å². The van der Waals surface area contributed by atoms with Crippen LogP contribution >= 0.6 is 12.2 Å². The van der Waals surface area contributed by atoms with Crippen molar-refractivity contribution in [3.05, 3.63) is 29.6 Å². The van der Waals surface area contributed by atoms with E-state index >= 15 is 0 Å². The van der Waals surface area contributed by atoms with Gasteiger partial charge in [-0.1, -0.05) is 39.1 Å². The number of benzene rings is 1. The van der Waals surface area contributed by atoms with Crippen LogP contribution in [0.15, 0.2) is 23.1 Å². The topological polar surface area (TPSA) is 63.4 Å². The van der Waals surface area contributed by atoms with E-state index in [1.807, 2.05) is 13.8 Å². The summed E-state index contributed by atoms with van der Waals surface area (Å²) in [5, 5.41) is 0. The Morgan fingerprint density at radius 1 is 1.45 bits per heavy atom. The van der Waals surface area contributed by atoms with Crippen molar-refractivity contribution < 1.29 is 12.8 Å². The molecular formula is C13H19FN2O2S2. The van der Waals surface area contributed by atoms with E-state index in [9.17, 15) is 12.8 Å². The molecule has 0 aliphatic carbocycles. The number of nitrogens with two attached hydrogens (primary N) is 1.